The molecule has 1 aromatic rings. The maximum absolute atomic E-state index is 10.2. The Balaban J connectivity index is 2.64. The number of benzene rings is 1. The number of ether oxygens (including phenoxy) is 1. The van der Waals surface area contributed by atoms with E-state index in [0.29, 0.717) is 12.6 Å². The third-order valence-electron chi connectivity index (χ3n) is 3.92. The van der Waals surface area contributed by atoms with Crippen molar-refractivity contribution >= 4 is 0 Å². The molecule has 2 unspecified atom stereocenters. The standard InChI is InChI=1S/C17H29NO2/c1-13(18(5)12-16(19)17(2,3)4)11-14-9-7-8-10-15(14)20-6/h7-10,13,16,19H,11-12H2,1-6H3. The monoisotopic (exact) mass is 279 g/mol. The molecule has 0 heterocycles. The van der Waals surface area contributed by atoms with Crippen molar-refractivity contribution in [3.8, 4) is 5.75 Å². The van der Waals surface area contributed by atoms with Gasteiger partial charge in [-0.05, 0) is 37.4 Å². The predicted octanol–water partition coefficient (Wildman–Crippen LogP) is 2.97. The molecule has 0 amide bonds. The number of aliphatic hydroxyl groups is 1. The first-order valence-electron chi connectivity index (χ1n) is 7.26. The molecule has 1 N–H and O–H groups in total. The number of para-hydroxylation sites is 1. The molecule has 0 saturated carbocycles. The van der Waals surface area contributed by atoms with Crippen LogP contribution in [0.1, 0.15) is 33.3 Å². The fraction of sp³-hybridized carbons (Fsp3) is 0.647. The molecule has 0 aliphatic carbocycles. The fourth-order valence-electron chi connectivity index (χ4n) is 2.07. The Kier molecular flexibility index (Phi) is 6.03. The molecule has 0 radical (unpaired) electrons. The van der Waals surface area contributed by atoms with Gasteiger partial charge >= 0.3 is 0 Å². The van der Waals surface area contributed by atoms with Gasteiger partial charge in [-0.15, -0.1) is 0 Å². The summed E-state index contributed by atoms with van der Waals surface area (Å²) < 4.78 is 5.39. The van der Waals surface area contributed by atoms with Gasteiger partial charge in [-0.2, -0.15) is 0 Å². The largest absolute Gasteiger partial charge is 0.496 e. The maximum Gasteiger partial charge on any atom is 0.122 e. The van der Waals surface area contributed by atoms with Crippen LogP contribution in [0, 0.1) is 5.41 Å². The quantitative estimate of drug-likeness (QED) is 0.869. The summed E-state index contributed by atoms with van der Waals surface area (Å²) in [6.07, 6.45) is 0.588. The van der Waals surface area contributed by atoms with Gasteiger partial charge in [-0.25, -0.2) is 0 Å². The highest BCUT2D eigenvalue weighted by Gasteiger charge is 2.25. The Hall–Kier alpha value is -1.06. The van der Waals surface area contributed by atoms with Crippen molar-refractivity contribution in [1.29, 1.82) is 0 Å². The van der Waals surface area contributed by atoms with Crippen LogP contribution in [0.5, 0.6) is 5.75 Å². The van der Waals surface area contributed by atoms with Crippen molar-refractivity contribution in [2.75, 3.05) is 20.7 Å². The van der Waals surface area contributed by atoms with E-state index in [4.69, 9.17) is 4.74 Å². The smallest absolute Gasteiger partial charge is 0.122 e. The van der Waals surface area contributed by atoms with Crippen LogP contribution in [-0.2, 0) is 6.42 Å². The second kappa shape index (κ2) is 7.09. The van der Waals surface area contributed by atoms with Crippen LogP contribution in [0.15, 0.2) is 24.3 Å². The van der Waals surface area contributed by atoms with Crippen molar-refractivity contribution in [1.82, 2.24) is 4.90 Å². The third-order valence-corrected chi connectivity index (χ3v) is 3.92. The number of hydrogen-bond donors (Lipinski definition) is 1. The van der Waals surface area contributed by atoms with Crippen molar-refractivity contribution in [3.05, 3.63) is 29.8 Å². The number of rotatable bonds is 6. The summed E-state index contributed by atoms with van der Waals surface area (Å²) in [6.45, 7) is 9.06. The minimum atomic E-state index is -0.326. The maximum atomic E-state index is 10.2. The van der Waals surface area contributed by atoms with Crippen LogP contribution < -0.4 is 4.74 Å². The van der Waals surface area contributed by atoms with E-state index in [1.807, 2.05) is 18.2 Å². The molecule has 0 aromatic heterocycles. The molecule has 3 nitrogen and oxygen atoms in total. The topological polar surface area (TPSA) is 32.7 Å². The van der Waals surface area contributed by atoms with E-state index >= 15 is 0 Å². The highest BCUT2D eigenvalue weighted by Crippen LogP contribution is 2.22. The molecule has 2 atom stereocenters. The Morgan fingerprint density at radius 3 is 2.40 bits per heavy atom. The number of hydrogen-bond acceptors (Lipinski definition) is 3. The molecule has 0 bridgehead atoms. The van der Waals surface area contributed by atoms with Crippen molar-refractivity contribution < 1.29 is 9.84 Å². The van der Waals surface area contributed by atoms with Gasteiger partial charge in [0.05, 0.1) is 13.2 Å². The van der Waals surface area contributed by atoms with E-state index in [9.17, 15) is 5.11 Å². The summed E-state index contributed by atoms with van der Waals surface area (Å²) in [5.41, 5.74) is 1.12. The van der Waals surface area contributed by atoms with Crippen LogP contribution in [0.2, 0.25) is 0 Å². The summed E-state index contributed by atoms with van der Waals surface area (Å²) in [5, 5.41) is 10.2. The first-order valence-corrected chi connectivity index (χ1v) is 7.26. The highest BCUT2D eigenvalue weighted by atomic mass is 16.5. The zero-order valence-electron chi connectivity index (χ0n) is 13.7. The number of nitrogens with zero attached hydrogens (tertiary/aromatic N) is 1. The predicted molar refractivity (Wildman–Crippen MR) is 84.3 cm³/mol. The second-order valence-corrected chi connectivity index (χ2v) is 6.69. The fourth-order valence-corrected chi connectivity index (χ4v) is 2.07. The molecule has 114 valence electrons. The van der Waals surface area contributed by atoms with E-state index in [1.54, 1.807) is 7.11 Å². The molecular weight excluding hydrogens is 250 g/mol. The lowest BCUT2D eigenvalue weighted by atomic mass is 9.88. The molecule has 3 heteroatoms. The van der Waals surface area contributed by atoms with Crippen LogP contribution in [0.4, 0.5) is 0 Å². The number of aliphatic hydroxyl groups excluding tert-OH is 1. The van der Waals surface area contributed by atoms with E-state index in [1.165, 1.54) is 5.56 Å². The van der Waals surface area contributed by atoms with Gasteiger partial charge < -0.3 is 14.7 Å². The first kappa shape index (κ1) is 17.0. The molecule has 1 rings (SSSR count). The SMILES string of the molecule is COc1ccccc1CC(C)N(C)CC(O)C(C)(C)C. The van der Waals surface area contributed by atoms with Crippen LogP contribution in [0.25, 0.3) is 0 Å². The lowest BCUT2D eigenvalue weighted by Crippen LogP contribution is -2.42. The highest BCUT2D eigenvalue weighted by molar-refractivity contribution is 5.33. The van der Waals surface area contributed by atoms with Gasteiger partial charge in [0, 0.05) is 12.6 Å². The summed E-state index contributed by atoms with van der Waals surface area (Å²) in [6, 6.07) is 8.47. The minimum absolute atomic E-state index is 0.0849. The van der Waals surface area contributed by atoms with Crippen molar-refractivity contribution in [2.45, 2.75) is 46.3 Å². The summed E-state index contributed by atoms with van der Waals surface area (Å²) in [7, 11) is 3.77. The summed E-state index contributed by atoms with van der Waals surface area (Å²) >= 11 is 0. The molecule has 0 aliphatic rings. The Morgan fingerprint density at radius 2 is 1.85 bits per heavy atom. The molecule has 1 aromatic carbocycles. The average molecular weight is 279 g/mol. The molecule has 20 heavy (non-hydrogen) atoms. The van der Waals surface area contributed by atoms with Crippen LogP contribution >= 0.6 is 0 Å². The molecule has 0 saturated heterocycles. The summed E-state index contributed by atoms with van der Waals surface area (Å²) in [4.78, 5) is 2.21. The van der Waals surface area contributed by atoms with Crippen molar-refractivity contribution in [3.63, 3.8) is 0 Å². The first-order chi connectivity index (χ1) is 9.25. The average Bonchev–Trinajstić information content (AvgIpc) is 2.38. The Bertz CT molecular complexity index is 412. The zero-order chi connectivity index (χ0) is 15.3. The van der Waals surface area contributed by atoms with E-state index in [2.05, 4.69) is 45.7 Å². The molecule has 0 fully saturated rings. The van der Waals surface area contributed by atoms with Gasteiger partial charge in [0.15, 0.2) is 0 Å². The van der Waals surface area contributed by atoms with Crippen LogP contribution in [-0.4, -0.2) is 42.9 Å². The third kappa shape index (κ3) is 4.80. The normalized spacial score (nSPS) is 15.2. The molecule has 0 spiro atoms. The van der Waals surface area contributed by atoms with Gasteiger partial charge in [0.2, 0.25) is 0 Å². The van der Waals surface area contributed by atoms with Gasteiger partial charge in [-0.3, -0.25) is 0 Å². The van der Waals surface area contributed by atoms with E-state index < -0.39 is 0 Å². The van der Waals surface area contributed by atoms with Gasteiger partial charge in [-0.1, -0.05) is 39.0 Å². The molecule has 0 aliphatic heterocycles. The lowest BCUT2D eigenvalue weighted by molar-refractivity contribution is 0.0262. The summed E-state index contributed by atoms with van der Waals surface area (Å²) in [5.74, 6) is 0.934. The zero-order valence-corrected chi connectivity index (χ0v) is 13.7. The van der Waals surface area contributed by atoms with Gasteiger partial charge in [0.1, 0.15) is 5.75 Å². The Morgan fingerprint density at radius 1 is 1.25 bits per heavy atom. The minimum Gasteiger partial charge on any atom is -0.496 e. The Labute approximate surface area is 123 Å². The molecular formula is C17H29NO2. The lowest BCUT2D eigenvalue weighted by Gasteiger charge is -2.33. The van der Waals surface area contributed by atoms with E-state index in [-0.39, 0.29) is 11.5 Å². The van der Waals surface area contributed by atoms with E-state index in [0.717, 1.165) is 12.2 Å². The second-order valence-electron chi connectivity index (χ2n) is 6.69. The number of likely N-dealkylation sites (N-methyl/N-ethyl adjacent to an activating group) is 1. The number of methoxy groups -OCH3 is 1. The van der Waals surface area contributed by atoms with Gasteiger partial charge in [0.25, 0.3) is 0 Å². The van der Waals surface area contributed by atoms with Crippen molar-refractivity contribution in [2.24, 2.45) is 5.41 Å². The van der Waals surface area contributed by atoms with Crippen LogP contribution in [0.3, 0.4) is 0 Å².